The van der Waals surface area contributed by atoms with Crippen molar-refractivity contribution in [2.24, 2.45) is 23.5 Å². The van der Waals surface area contributed by atoms with Crippen LogP contribution in [0, 0.1) is 31.6 Å². The van der Waals surface area contributed by atoms with Crippen LogP contribution in [0.2, 0.25) is 10.0 Å². The van der Waals surface area contributed by atoms with Crippen LogP contribution in [0.3, 0.4) is 0 Å². The standard InChI is InChI=1S/C20H22ClNOS.C9H7ClS.C9H16N2.CO2.ClH/c1-12-16(21)3-2-14-10-18(24-19(12)14)17(23)11-15-13-4-8-22(9-5-13)20(15)6-7-20;1-6-8(10)3-2-7-4-5-11-9(6)7;10-8-7-1-5-11(6-2-7)9(8)3-4-9;2-1-3;/h2-3,10,13,15H,4-9,11H2,1H3;2-5H,1H3;7-8H,1-6,10H2;;1H/t15-;;8-;;/m1.1../s1. The zero-order chi connectivity index (χ0) is 34.5. The molecule has 4 bridgehead atoms. The van der Waals surface area contributed by atoms with Crippen LogP contribution in [0.15, 0.2) is 41.8 Å². The van der Waals surface area contributed by atoms with Crippen molar-refractivity contribution in [1.29, 1.82) is 0 Å². The van der Waals surface area contributed by atoms with Crippen molar-refractivity contribution in [3.8, 4) is 0 Å². The van der Waals surface area contributed by atoms with Gasteiger partial charge in [-0.15, -0.1) is 35.1 Å². The summed E-state index contributed by atoms with van der Waals surface area (Å²) < 4.78 is 2.47. The molecule has 2 aromatic heterocycles. The van der Waals surface area contributed by atoms with Gasteiger partial charge in [0, 0.05) is 43.0 Å². The van der Waals surface area contributed by atoms with Gasteiger partial charge in [0.25, 0.3) is 0 Å². The lowest BCUT2D eigenvalue weighted by Crippen LogP contribution is -2.63. The van der Waals surface area contributed by atoms with Crippen molar-refractivity contribution in [2.75, 3.05) is 26.2 Å². The van der Waals surface area contributed by atoms with Crippen LogP contribution >= 0.6 is 58.3 Å². The quantitative estimate of drug-likeness (QED) is 0.209. The molecule has 4 aromatic rings. The van der Waals surface area contributed by atoms with E-state index >= 15 is 0 Å². The first kappa shape index (κ1) is 37.9. The van der Waals surface area contributed by atoms with Crippen molar-refractivity contribution < 1.29 is 14.4 Å². The van der Waals surface area contributed by atoms with E-state index in [0.717, 1.165) is 44.1 Å². The second-order valence-electron chi connectivity index (χ2n) is 14.9. The fourth-order valence-corrected chi connectivity index (χ4v) is 12.0. The van der Waals surface area contributed by atoms with Crippen molar-refractivity contribution in [3.05, 3.63) is 67.8 Å². The second-order valence-corrected chi connectivity index (χ2v) is 17.7. The summed E-state index contributed by atoms with van der Waals surface area (Å²) in [6.07, 6.45) is 11.7. The number of ketones is 1. The Morgan fingerprint density at radius 3 is 1.88 bits per heavy atom. The summed E-state index contributed by atoms with van der Waals surface area (Å²) in [6.45, 7) is 9.28. The Bertz CT molecular complexity index is 1870. The van der Waals surface area contributed by atoms with Gasteiger partial charge in [-0.1, -0.05) is 35.3 Å². The number of Topliss-reactive ketones (excluding diaryl/α,β-unsaturated/α-hetero) is 1. The monoisotopic (exact) mass is 773 g/mol. The molecule has 6 saturated heterocycles. The number of carbonyl (C=O) groups is 1. The number of aryl methyl sites for hydroxylation is 2. The minimum absolute atomic E-state index is 0. The number of rotatable bonds is 3. The smallest absolute Gasteiger partial charge is 0.326 e. The third-order valence-electron chi connectivity index (χ3n) is 12.6. The van der Waals surface area contributed by atoms with Gasteiger partial charge >= 0.3 is 6.15 Å². The Labute approximate surface area is 319 Å². The summed E-state index contributed by atoms with van der Waals surface area (Å²) >= 11 is 15.6. The summed E-state index contributed by atoms with van der Waals surface area (Å²) in [6, 6.07) is 12.7. The van der Waals surface area contributed by atoms with Gasteiger partial charge in [0.1, 0.15) is 0 Å². The summed E-state index contributed by atoms with van der Waals surface area (Å²) in [5, 5.41) is 6.18. The van der Waals surface area contributed by atoms with Crippen LogP contribution in [-0.2, 0) is 9.59 Å². The Morgan fingerprint density at radius 1 is 0.820 bits per heavy atom. The summed E-state index contributed by atoms with van der Waals surface area (Å²) in [5.74, 6) is 2.56. The lowest BCUT2D eigenvalue weighted by atomic mass is 9.70. The van der Waals surface area contributed by atoms with Gasteiger partial charge in [0.05, 0.1) is 4.88 Å². The van der Waals surface area contributed by atoms with Crippen LogP contribution in [-0.4, -0.2) is 65.0 Å². The molecule has 0 unspecified atom stereocenters. The van der Waals surface area contributed by atoms with Gasteiger partial charge in [-0.3, -0.25) is 14.6 Å². The Kier molecular flexibility index (Phi) is 11.6. The molecule has 8 heterocycles. The molecule has 2 saturated carbocycles. The highest BCUT2D eigenvalue weighted by Crippen LogP contribution is 2.59. The first-order valence-corrected chi connectivity index (χ1v) is 20.2. The molecule has 11 heteroatoms. The first-order valence-electron chi connectivity index (χ1n) is 17.7. The molecule has 0 radical (unpaired) electrons. The molecule has 2 spiro atoms. The van der Waals surface area contributed by atoms with E-state index in [1.165, 1.54) is 97.9 Å². The number of thiophene rings is 2. The zero-order valence-corrected chi connectivity index (χ0v) is 32.7. The van der Waals surface area contributed by atoms with Crippen LogP contribution < -0.4 is 5.73 Å². The fourth-order valence-electron chi connectivity index (χ4n) is 9.53. The zero-order valence-electron chi connectivity index (χ0n) is 28.7. The minimum atomic E-state index is 0. The molecule has 6 nitrogen and oxygen atoms in total. The predicted octanol–water partition coefficient (Wildman–Crippen LogP) is 9.58. The van der Waals surface area contributed by atoms with E-state index < -0.39 is 0 Å². The van der Waals surface area contributed by atoms with Crippen molar-refractivity contribution in [3.63, 3.8) is 0 Å². The SMILES string of the molecule is Cc1c(Cl)ccc2cc(C(=O)C[C@@H]3C4CCN(CC4)C34CC4)sc12.Cc1c(Cl)ccc2ccsc12.Cl.N[C@@H]1C2CCN(CC2)C12CC2.O=C=O. The maximum Gasteiger partial charge on any atom is 0.373 e. The highest BCUT2D eigenvalue weighted by molar-refractivity contribution is 7.21. The fraction of sp³-hybridized carbons (Fsp3) is 0.538. The van der Waals surface area contributed by atoms with Crippen LogP contribution in [0.25, 0.3) is 20.2 Å². The number of nitrogens with two attached hydrogens (primary N) is 1. The minimum Gasteiger partial charge on any atom is -0.326 e. The molecular formula is C39H46Cl3N3O3S2. The van der Waals surface area contributed by atoms with E-state index in [2.05, 4.69) is 40.3 Å². The predicted molar refractivity (Wildman–Crippen MR) is 208 cm³/mol. The van der Waals surface area contributed by atoms with Gasteiger partial charge in [-0.05, 0) is 161 Å². The van der Waals surface area contributed by atoms with Gasteiger partial charge in [-0.2, -0.15) is 9.59 Å². The van der Waals surface area contributed by atoms with Crippen molar-refractivity contribution in [1.82, 2.24) is 9.80 Å². The number of hydrogen-bond acceptors (Lipinski definition) is 8. The van der Waals surface area contributed by atoms with E-state index in [-0.39, 0.29) is 18.6 Å². The van der Waals surface area contributed by atoms with Gasteiger partial charge < -0.3 is 5.73 Å². The molecule has 6 aliphatic heterocycles. The number of fused-ring (bicyclic) bond motifs is 6. The number of hydrogen-bond donors (Lipinski definition) is 1. The second kappa shape index (κ2) is 15.3. The number of nitrogens with zero attached hydrogens (tertiary/aromatic N) is 2. The number of carbonyl (C=O) groups excluding carboxylic acids is 3. The molecule has 8 fully saturated rings. The van der Waals surface area contributed by atoms with Gasteiger partial charge in [0.2, 0.25) is 0 Å². The molecule has 2 aromatic carbocycles. The first-order chi connectivity index (χ1) is 23.6. The normalized spacial score (nSPS) is 28.3. The largest absolute Gasteiger partial charge is 0.373 e. The molecule has 2 aliphatic carbocycles. The number of halogens is 3. The molecule has 2 atom stereocenters. The number of benzene rings is 2. The molecule has 8 aliphatic rings. The summed E-state index contributed by atoms with van der Waals surface area (Å²) in [7, 11) is 0. The molecule has 50 heavy (non-hydrogen) atoms. The highest BCUT2D eigenvalue weighted by Gasteiger charge is 2.60. The van der Waals surface area contributed by atoms with Crippen molar-refractivity contribution in [2.45, 2.75) is 88.8 Å². The number of piperidine rings is 6. The molecular weight excluding hydrogens is 729 g/mol. The van der Waals surface area contributed by atoms with E-state index in [1.54, 1.807) is 22.7 Å². The van der Waals surface area contributed by atoms with Gasteiger partial charge in [-0.25, -0.2) is 0 Å². The Hall–Kier alpha value is -1.84. The Morgan fingerprint density at radius 2 is 1.34 bits per heavy atom. The average molecular weight is 775 g/mol. The molecule has 12 rings (SSSR count). The third-order valence-corrected chi connectivity index (χ3v) is 15.8. The van der Waals surface area contributed by atoms with E-state index in [1.807, 2.05) is 25.1 Å². The van der Waals surface area contributed by atoms with Crippen LogP contribution in [0.1, 0.15) is 78.6 Å². The summed E-state index contributed by atoms with van der Waals surface area (Å²) in [4.78, 5) is 35.5. The van der Waals surface area contributed by atoms with Crippen LogP contribution in [0.5, 0.6) is 0 Å². The maximum absolute atomic E-state index is 13.0. The van der Waals surface area contributed by atoms with Gasteiger partial charge in [0.15, 0.2) is 5.78 Å². The third kappa shape index (κ3) is 6.98. The molecule has 0 amide bonds. The topological polar surface area (TPSA) is 83.7 Å². The van der Waals surface area contributed by atoms with Crippen molar-refractivity contribution >= 4 is 90.4 Å². The molecule has 268 valence electrons. The average Bonchev–Trinajstić information content (AvgIpc) is 3.98. The van der Waals surface area contributed by atoms with E-state index in [4.69, 9.17) is 38.5 Å². The van der Waals surface area contributed by atoms with E-state index in [9.17, 15) is 4.79 Å². The van der Waals surface area contributed by atoms with Crippen LogP contribution in [0.4, 0.5) is 0 Å². The van der Waals surface area contributed by atoms with E-state index in [0.29, 0.717) is 28.8 Å². The lowest BCUT2D eigenvalue weighted by Gasteiger charge is -2.52. The Balaban J connectivity index is 0.000000138. The lowest BCUT2D eigenvalue weighted by molar-refractivity contribution is -0.191. The summed E-state index contributed by atoms with van der Waals surface area (Å²) in [5.41, 5.74) is 9.42. The molecule has 2 N–H and O–H groups in total. The maximum atomic E-state index is 13.0. The highest BCUT2D eigenvalue weighted by atomic mass is 35.5.